The summed E-state index contributed by atoms with van der Waals surface area (Å²) >= 11 is 5.70. The SMILES string of the molecule is CC(C)NS(=O)(=O)c1cccc(Cl)c1. The van der Waals surface area contributed by atoms with Gasteiger partial charge in [0, 0.05) is 11.1 Å². The Morgan fingerprint density at radius 2 is 2.00 bits per heavy atom. The van der Waals surface area contributed by atoms with E-state index in [4.69, 9.17) is 11.6 Å². The van der Waals surface area contributed by atoms with Gasteiger partial charge < -0.3 is 0 Å². The minimum absolute atomic E-state index is 0.126. The first kappa shape index (κ1) is 11.5. The van der Waals surface area contributed by atoms with Gasteiger partial charge in [0.05, 0.1) is 4.90 Å². The smallest absolute Gasteiger partial charge is 0.209 e. The summed E-state index contributed by atoms with van der Waals surface area (Å²) in [5.74, 6) is 0. The standard InChI is InChI=1S/C9H12ClNO2S/c1-7(2)11-14(12,13)9-5-3-4-8(10)6-9/h3-7,11H,1-2H3. The molecule has 0 aliphatic carbocycles. The van der Waals surface area contributed by atoms with Crippen LogP contribution in [0.1, 0.15) is 13.8 Å². The fourth-order valence-corrected chi connectivity index (χ4v) is 2.56. The average molecular weight is 234 g/mol. The Balaban J connectivity index is 3.05. The summed E-state index contributed by atoms with van der Waals surface area (Å²) in [5.41, 5.74) is 0. The Hall–Kier alpha value is -0.580. The average Bonchev–Trinajstić information content (AvgIpc) is 2.01. The molecule has 14 heavy (non-hydrogen) atoms. The van der Waals surface area contributed by atoms with Gasteiger partial charge in [0.2, 0.25) is 10.0 Å². The summed E-state index contributed by atoms with van der Waals surface area (Å²) in [7, 11) is -3.42. The molecule has 0 spiro atoms. The van der Waals surface area contributed by atoms with Crippen LogP contribution in [-0.2, 0) is 10.0 Å². The van der Waals surface area contributed by atoms with Crippen LogP contribution in [0.3, 0.4) is 0 Å². The molecule has 1 aromatic carbocycles. The van der Waals surface area contributed by atoms with E-state index >= 15 is 0 Å². The van der Waals surface area contributed by atoms with Crippen molar-refractivity contribution in [3.05, 3.63) is 29.3 Å². The Kier molecular flexibility index (Phi) is 3.53. The zero-order chi connectivity index (χ0) is 10.8. The number of benzene rings is 1. The molecule has 1 aromatic rings. The van der Waals surface area contributed by atoms with Crippen LogP contribution < -0.4 is 4.72 Å². The highest BCUT2D eigenvalue weighted by atomic mass is 35.5. The molecule has 0 fully saturated rings. The van der Waals surface area contributed by atoms with Gasteiger partial charge in [-0.2, -0.15) is 0 Å². The Bertz CT molecular complexity index is 415. The summed E-state index contributed by atoms with van der Waals surface area (Å²) < 4.78 is 25.7. The molecule has 0 amide bonds. The number of rotatable bonds is 3. The summed E-state index contributed by atoms with van der Waals surface area (Å²) in [4.78, 5) is 0.193. The van der Waals surface area contributed by atoms with E-state index in [1.165, 1.54) is 12.1 Å². The van der Waals surface area contributed by atoms with Gasteiger partial charge in [0.1, 0.15) is 0 Å². The summed E-state index contributed by atoms with van der Waals surface area (Å²) in [6.45, 7) is 3.53. The maximum Gasteiger partial charge on any atom is 0.240 e. The van der Waals surface area contributed by atoms with Crippen LogP contribution in [0, 0.1) is 0 Å². The van der Waals surface area contributed by atoms with Crippen molar-refractivity contribution in [2.75, 3.05) is 0 Å². The van der Waals surface area contributed by atoms with Crippen LogP contribution in [0.15, 0.2) is 29.2 Å². The molecule has 0 bridgehead atoms. The molecule has 1 N–H and O–H groups in total. The summed E-state index contributed by atoms with van der Waals surface area (Å²) in [6.07, 6.45) is 0. The number of nitrogens with one attached hydrogen (secondary N) is 1. The lowest BCUT2D eigenvalue weighted by molar-refractivity contribution is 0.570. The third-order valence-corrected chi connectivity index (χ3v) is 3.39. The molecule has 0 heterocycles. The highest BCUT2D eigenvalue weighted by Gasteiger charge is 2.14. The van der Waals surface area contributed by atoms with Crippen molar-refractivity contribution in [2.45, 2.75) is 24.8 Å². The molecule has 0 aliphatic rings. The van der Waals surface area contributed by atoms with Crippen molar-refractivity contribution in [3.8, 4) is 0 Å². The van der Waals surface area contributed by atoms with E-state index in [0.29, 0.717) is 5.02 Å². The maximum atomic E-state index is 11.6. The number of hydrogen-bond acceptors (Lipinski definition) is 2. The largest absolute Gasteiger partial charge is 0.240 e. The van der Waals surface area contributed by atoms with Crippen LogP contribution in [0.5, 0.6) is 0 Å². The predicted octanol–water partition coefficient (Wildman–Crippen LogP) is 2.03. The molecule has 3 nitrogen and oxygen atoms in total. The van der Waals surface area contributed by atoms with Crippen molar-refractivity contribution in [3.63, 3.8) is 0 Å². The molecular formula is C9H12ClNO2S. The first-order valence-corrected chi connectivity index (χ1v) is 6.06. The second-order valence-corrected chi connectivity index (χ2v) is 5.38. The van der Waals surface area contributed by atoms with E-state index in [2.05, 4.69) is 4.72 Å². The van der Waals surface area contributed by atoms with Crippen molar-refractivity contribution in [1.82, 2.24) is 4.72 Å². The third kappa shape index (κ3) is 2.97. The van der Waals surface area contributed by atoms with E-state index in [-0.39, 0.29) is 10.9 Å². The van der Waals surface area contributed by atoms with E-state index in [1.54, 1.807) is 26.0 Å². The second kappa shape index (κ2) is 4.29. The van der Waals surface area contributed by atoms with Crippen LogP contribution in [-0.4, -0.2) is 14.5 Å². The topological polar surface area (TPSA) is 46.2 Å². The van der Waals surface area contributed by atoms with Gasteiger partial charge in [-0.1, -0.05) is 17.7 Å². The molecule has 0 saturated carbocycles. The molecule has 0 aliphatic heterocycles. The van der Waals surface area contributed by atoms with Crippen molar-refractivity contribution in [2.24, 2.45) is 0 Å². The minimum Gasteiger partial charge on any atom is -0.209 e. The van der Waals surface area contributed by atoms with Crippen molar-refractivity contribution in [1.29, 1.82) is 0 Å². The predicted molar refractivity (Wildman–Crippen MR) is 56.9 cm³/mol. The summed E-state index contributed by atoms with van der Waals surface area (Å²) in [6, 6.07) is 6.05. The molecule has 78 valence electrons. The lowest BCUT2D eigenvalue weighted by Crippen LogP contribution is -2.30. The highest BCUT2D eigenvalue weighted by Crippen LogP contribution is 2.15. The van der Waals surface area contributed by atoms with Gasteiger partial charge in [0.15, 0.2) is 0 Å². The van der Waals surface area contributed by atoms with Crippen molar-refractivity contribution >= 4 is 21.6 Å². The maximum absolute atomic E-state index is 11.6. The first-order chi connectivity index (χ1) is 6.42. The van der Waals surface area contributed by atoms with Crippen LogP contribution in [0.4, 0.5) is 0 Å². The van der Waals surface area contributed by atoms with E-state index in [9.17, 15) is 8.42 Å². The Morgan fingerprint density at radius 1 is 1.36 bits per heavy atom. The Morgan fingerprint density at radius 3 is 2.50 bits per heavy atom. The minimum atomic E-state index is -3.42. The van der Waals surface area contributed by atoms with Crippen LogP contribution >= 0.6 is 11.6 Å². The summed E-state index contributed by atoms with van der Waals surface area (Å²) in [5, 5.41) is 0.414. The lowest BCUT2D eigenvalue weighted by atomic mass is 10.4. The third-order valence-electron chi connectivity index (χ3n) is 1.50. The van der Waals surface area contributed by atoms with Gasteiger partial charge in [0.25, 0.3) is 0 Å². The fraction of sp³-hybridized carbons (Fsp3) is 0.333. The van der Waals surface area contributed by atoms with Gasteiger partial charge in [-0.05, 0) is 32.0 Å². The zero-order valence-corrected chi connectivity index (χ0v) is 9.56. The van der Waals surface area contributed by atoms with E-state index < -0.39 is 10.0 Å². The van der Waals surface area contributed by atoms with Crippen LogP contribution in [0.25, 0.3) is 0 Å². The Labute approximate surface area is 89.1 Å². The van der Waals surface area contributed by atoms with Gasteiger partial charge >= 0.3 is 0 Å². The van der Waals surface area contributed by atoms with Crippen molar-refractivity contribution < 1.29 is 8.42 Å². The second-order valence-electron chi connectivity index (χ2n) is 3.23. The van der Waals surface area contributed by atoms with E-state index in [0.717, 1.165) is 0 Å². The highest BCUT2D eigenvalue weighted by molar-refractivity contribution is 7.89. The van der Waals surface area contributed by atoms with Gasteiger partial charge in [-0.15, -0.1) is 0 Å². The monoisotopic (exact) mass is 233 g/mol. The molecule has 5 heteroatoms. The number of halogens is 1. The van der Waals surface area contributed by atoms with Gasteiger partial charge in [-0.3, -0.25) is 0 Å². The lowest BCUT2D eigenvalue weighted by Gasteiger charge is -2.09. The molecule has 0 radical (unpaired) electrons. The van der Waals surface area contributed by atoms with E-state index in [1.807, 2.05) is 0 Å². The van der Waals surface area contributed by atoms with Crippen LogP contribution in [0.2, 0.25) is 5.02 Å². The molecule has 1 rings (SSSR count). The fourth-order valence-electron chi connectivity index (χ4n) is 1.01. The molecule has 0 aromatic heterocycles. The molecular weight excluding hydrogens is 222 g/mol. The molecule has 0 unspecified atom stereocenters. The molecule has 0 atom stereocenters. The quantitative estimate of drug-likeness (QED) is 0.869. The normalized spacial score (nSPS) is 12.0. The molecule has 0 saturated heterocycles. The zero-order valence-electron chi connectivity index (χ0n) is 7.99. The van der Waals surface area contributed by atoms with Gasteiger partial charge in [-0.25, -0.2) is 13.1 Å². The number of hydrogen-bond donors (Lipinski definition) is 1. The number of sulfonamides is 1. The first-order valence-electron chi connectivity index (χ1n) is 4.20.